The Morgan fingerprint density at radius 3 is 2.28 bits per heavy atom. The minimum absolute atomic E-state index is 0.0307. The van der Waals surface area contributed by atoms with Gasteiger partial charge in [0.1, 0.15) is 0 Å². The van der Waals surface area contributed by atoms with E-state index in [1.54, 1.807) is 0 Å². The fourth-order valence-corrected chi connectivity index (χ4v) is 3.58. The van der Waals surface area contributed by atoms with Gasteiger partial charge in [-0.2, -0.15) is 0 Å². The average Bonchev–Trinajstić information content (AvgIpc) is 3.00. The Hall–Kier alpha value is -2.95. The molecule has 0 spiro atoms. The highest BCUT2D eigenvalue weighted by Crippen LogP contribution is 2.26. The standard InChI is InChI=1S/C27H35NO4/c1-3-5-11-21(22-12-8-7-9-13-22)14-10-19-28-26(30)24-17-15-23(16-18-25(24)29)27(31)32-20-6-4-2/h7-9,12-13,15-18,21H,3-6,10-11,14,19-20H2,1-2H3,(H,28,30). The first-order chi connectivity index (χ1) is 15.6. The Labute approximate surface area is 191 Å². The molecule has 0 bridgehead atoms. The lowest BCUT2D eigenvalue weighted by molar-refractivity contribution is 0.0499. The molecule has 0 aromatic heterocycles. The summed E-state index contributed by atoms with van der Waals surface area (Å²) >= 11 is 0. The van der Waals surface area contributed by atoms with Crippen molar-refractivity contribution in [3.05, 3.63) is 81.5 Å². The first-order valence-electron chi connectivity index (χ1n) is 11.7. The summed E-state index contributed by atoms with van der Waals surface area (Å²) in [7, 11) is 0. The molecule has 0 saturated carbocycles. The predicted octanol–water partition coefficient (Wildman–Crippen LogP) is 5.49. The Morgan fingerprint density at radius 1 is 0.875 bits per heavy atom. The molecule has 0 fully saturated rings. The van der Waals surface area contributed by atoms with Crippen molar-refractivity contribution in [1.82, 2.24) is 5.32 Å². The second kappa shape index (κ2) is 14.2. The Morgan fingerprint density at radius 2 is 1.56 bits per heavy atom. The van der Waals surface area contributed by atoms with Crippen LogP contribution in [0.2, 0.25) is 0 Å². The summed E-state index contributed by atoms with van der Waals surface area (Å²) in [6.45, 7) is 5.04. The van der Waals surface area contributed by atoms with Crippen LogP contribution in [0.5, 0.6) is 0 Å². The van der Waals surface area contributed by atoms with E-state index in [9.17, 15) is 14.4 Å². The number of hydrogen-bond donors (Lipinski definition) is 1. The smallest absolute Gasteiger partial charge is 0.338 e. The highest BCUT2D eigenvalue weighted by molar-refractivity contribution is 5.95. The van der Waals surface area contributed by atoms with Gasteiger partial charge in [-0.1, -0.05) is 63.4 Å². The van der Waals surface area contributed by atoms with Crippen molar-refractivity contribution in [3.63, 3.8) is 0 Å². The summed E-state index contributed by atoms with van der Waals surface area (Å²) in [6.07, 6.45) is 6.98. The van der Waals surface area contributed by atoms with Gasteiger partial charge in [0.2, 0.25) is 0 Å². The highest BCUT2D eigenvalue weighted by atomic mass is 16.5. The number of rotatable bonds is 13. The Bertz CT molecular complexity index is 911. The molecule has 5 nitrogen and oxygen atoms in total. The van der Waals surface area contributed by atoms with Crippen molar-refractivity contribution in [2.75, 3.05) is 13.2 Å². The molecule has 1 unspecified atom stereocenters. The summed E-state index contributed by atoms with van der Waals surface area (Å²) < 4.78 is 5.18. The van der Waals surface area contributed by atoms with Crippen LogP contribution in [0.25, 0.3) is 0 Å². The van der Waals surface area contributed by atoms with Crippen LogP contribution in [0, 0.1) is 0 Å². The van der Waals surface area contributed by atoms with E-state index in [0.717, 1.165) is 38.5 Å². The van der Waals surface area contributed by atoms with Crippen molar-refractivity contribution >= 4 is 11.9 Å². The van der Waals surface area contributed by atoms with Gasteiger partial charge in [0.25, 0.3) is 5.91 Å². The molecular formula is C27H35NO4. The molecule has 2 aromatic carbocycles. The third-order valence-corrected chi connectivity index (χ3v) is 5.51. The van der Waals surface area contributed by atoms with Crippen LogP contribution in [-0.4, -0.2) is 25.0 Å². The van der Waals surface area contributed by atoms with Gasteiger partial charge < -0.3 is 10.1 Å². The molecule has 0 saturated heterocycles. The first kappa shape index (κ1) is 25.3. The maximum Gasteiger partial charge on any atom is 0.338 e. The lowest BCUT2D eigenvalue weighted by Crippen LogP contribution is -2.28. The number of esters is 1. The van der Waals surface area contributed by atoms with Crippen LogP contribution >= 0.6 is 0 Å². The molecule has 1 N–H and O–H groups in total. The number of amides is 1. The fraction of sp³-hybridized carbons (Fsp3) is 0.444. The van der Waals surface area contributed by atoms with Gasteiger partial charge in [-0.25, -0.2) is 4.79 Å². The zero-order valence-corrected chi connectivity index (χ0v) is 19.3. The molecule has 1 atom stereocenters. The van der Waals surface area contributed by atoms with Crippen LogP contribution in [0.1, 0.15) is 91.0 Å². The van der Waals surface area contributed by atoms with E-state index >= 15 is 0 Å². The fourth-order valence-electron chi connectivity index (χ4n) is 3.58. The molecular weight excluding hydrogens is 402 g/mol. The summed E-state index contributed by atoms with van der Waals surface area (Å²) in [4.78, 5) is 37.0. The molecule has 0 aliphatic rings. The summed E-state index contributed by atoms with van der Waals surface area (Å²) in [6, 6.07) is 16.0. The number of carbonyl (C=O) groups is 2. The third kappa shape index (κ3) is 8.29. The van der Waals surface area contributed by atoms with Crippen molar-refractivity contribution in [1.29, 1.82) is 0 Å². The van der Waals surface area contributed by atoms with Crippen molar-refractivity contribution in [3.8, 4) is 0 Å². The van der Waals surface area contributed by atoms with E-state index in [1.807, 2.05) is 13.0 Å². The van der Waals surface area contributed by atoms with E-state index in [4.69, 9.17) is 4.74 Å². The van der Waals surface area contributed by atoms with E-state index in [-0.39, 0.29) is 11.1 Å². The van der Waals surface area contributed by atoms with Gasteiger partial charge in [-0.3, -0.25) is 9.59 Å². The minimum atomic E-state index is -0.487. The largest absolute Gasteiger partial charge is 0.462 e. The third-order valence-electron chi connectivity index (χ3n) is 5.51. The number of hydrogen-bond acceptors (Lipinski definition) is 4. The highest BCUT2D eigenvalue weighted by Gasteiger charge is 2.13. The van der Waals surface area contributed by atoms with Gasteiger partial charge in [-0.15, -0.1) is 0 Å². The van der Waals surface area contributed by atoms with Crippen molar-refractivity contribution < 1.29 is 14.3 Å². The van der Waals surface area contributed by atoms with Crippen LogP contribution in [0.3, 0.4) is 0 Å². The summed E-state index contributed by atoms with van der Waals surface area (Å²) in [5.74, 6) is -0.431. The minimum Gasteiger partial charge on any atom is -0.462 e. The lowest BCUT2D eigenvalue weighted by atomic mass is 9.89. The zero-order chi connectivity index (χ0) is 23.2. The van der Waals surface area contributed by atoms with Gasteiger partial charge in [0.15, 0.2) is 5.43 Å². The SMILES string of the molecule is CCCCOC(=O)c1ccc(C(=O)NCCCC(CCCC)c2ccccc2)c(=O)cc1. The molecule has 2 aromatic rings. The molecule has 172 valence electrons. The van der Waals surface area contributed by atoms with Gasteiger partial charge >= 0.3 is 5.97 Å². The molecule has 1 amide bonds. The molecule has 0 aliphatic carbocycles. The van der Waals surface area contributed by atoms with Crippen molar-refractivity contribution in [2.24, 2.45) is 0 Å². The van der Waals surface area contributed by atoms with E-state index in [2.05, 4.69) is 36.5 Å². The zero-order valence-electron chi connectivity index (χ0n) is 19.3. The molecule has 5 heteroatoms. The van der Waals surface area contributed by atoms with Crippen LogP contribution in [-0.2, 0) is 4.74 Å². The number of nitrogens with one attached hydrogen (secondary N) is 1. The molecule has 2 rings (SSSR count). The number of benzene rings is 1. The molecule has 32 heavy (non-hydrogen) atoms. The molecule has 0 heterocycles. The van der Waals surface area contributed by atoms with Crippen LogP contribution < -0.4 is 10.7 Å². The monoisotopic (exact) mass is 437 g/mol. The van der Waals surface area contributed by atoms with Gasteiger partial charge in [0.05, 0.1) is 17.7 Å². The van der Waals surface area contributed by atoms with Crippen LogP contribution in [0.15, 0.2) is 59.4 Å². The summed E-state index contributed by atoms with van der Waals surface area (Å²) in [5, 5.41) is 2.85. The molecule has 0 radical (unpaired) electrons. The number of ether oxygens (including phenoxy) is 1. The van der Waals surface area contributed by atoms with E-state index in [0.29, 0.717) is 19.1 Å². The number of carbonyl (C=O) groups excluding carboxylic acids is 2. The second-order valence-corrected chi connectivity index (χ2v) is 8.04. The predicted molar refractivity (Wildman–Crippen MR) is 128 cm³/mol. The van der Waals surface area contributed by atoms with Gasteiger partial charge in [-0.05, 0) is 61.4 Å². The van der Waals surface area contributed by atoms with Crippen LogP contribution in [0.4, 0.5) is 0 Å². The quantitative estimate of drug-likeness (QED) is 0.332. The molecule has 0 aliphatic heterocycles. The van der Waals surface area contributed by atoms with E-state index in [1.165, 1.54) is 36.2 Å². The van der Waals surface area contributed by atoms with Crippen molar-refractivity contribution in [2.45, 2.75) is 64.7 Å². The van der Waals surface area contributed by atoms with Gasteiger partial charge in [0, 0.05) is 6.54 Å². The lowest BCUT2D eigenvalue weighted by Gasteiger charge is -2.17. The number of unbranched alkanes of at least 4 members (excludes halogenated alkanes) is 2. The average molecular weight is 438 g/mol. The first-order valence-corrected chi connectivity index (χ1v) is 11.7. The summed E-state index contributed by atoms with van der Waals surface area (Å²) in [5.41, 5.74) is 1.21. The normalized spacial score (nSPS) is 11.6. The maximum atomic E-state index is 12.6. The second-order valence-electron chi connectivity index (χ2n) is 8.04. The topological polar surface area (TPSA) is 72.5 Å². The van der Waals surface area contributed by atoms with E-state index < -0.39 is 17.3 Å². The Kier molecular flexibility index (Phi) is 11.2. The maximum absolute atomic E-state index is 12.6. The Balaban J connectivity index is 1.92.